The molecule has 1 aliphatic heterocycles. The number of nitrogens with one attached hydrogen (secondary N) is 1. The average Bonchev–Trinajstić information content (AvgIpc) is 2.94. The van der Waals surface area contributed by atoms with Gasteiger partial charge in [-0.3, -0.25) is 4.79 Å². The van der Waals surface area contributed by atoms with Crippen molar-refractivity contribution in [3.05, 3.63) is 81.8 Å². The first kappa shape index (κ1) is 16.8. The van der Waals surface area contributed by atoms with Crippen molar-refractivity contribution in [3.8, 4) is 11.5 Å². The maximum atomic E-state index is 12.2. The number of benzene rings is 3. The number of hydrogen-bond donors (Lipinski definition) is 1. The largest absolute Gasteiger partial charge is 0.457 e. The van der Waals surface area contributed by atoms with E-state index < -0.39 is 0 Å². The predicted molar refractivity (Wildman–Crippen MR) is 107 cm³/mol. The van der Waals surface area contributed by atoms with Crippen molar-refractivity contribution in [1.82, 2.24) is 0 Å². The van der Waals surface area contributed by atoms with Crippen LogP contribution in [0.5, 0.6) is 11.5 Å². The minimum atomic E-state index is -0.238. The van der Waals surface area contributed by atoms with E-state index >= 15 is 0 Å². The maximum Gasteiger partial charge on any atom is 0.275 e. The fourth-order valence-electron chi connectivity index (χ4n) is 2.59. The van der Waals surface area contributed by atoms with Crippen LogP contribution in [0.15, 0.2) is 76.2 Å². The third kappa shape index (κ3) is 3.49. The number of carbonyl (C=O) groups is 1. The number of aliphatic imine (C=N–C) groups is 1. The molecule has 1 N–H and O–H groups in total. The standard InChI is InChI=1S/C20H12BrClN2O2/c21-12-1-6-15(7-2-12)26-16-8-4-14(5-9-16)23-19-17-11-13(22)3-10-18(17)24-20(19)25/h1-11H,(H,23,24,25). The minimum absolute atomic E-state index is 0.238. The third-order valence-electron chi connectivity index (χ3n) is 3.83. The third-order valence-corrected chi connectivity index (χ3v) is 4.59. The van der Waals surface area contributed by atoms with E-state index in [2.05, 4.69) is 26.2 Å². The van der Waals surface area contributed by atoms with Crippen LogP contribution in [0.1, 0.15) is 5.56 Å². The Labute approximate surface area is 163 Å². The van der Waals surface area contributed by atoms with Crippen LogP contribution in [0.2, 0.25) is 5.02 Å². The summed E-state index contributed by atoms with van der Waals surface area (Å²) < 4.78 is 6.78. The lowest BCUT2D eigenvalue weighted by Gasteiger charge is -2.06. The summed E-state index contributed by atoms with van der Waals surface area (Å²) in [4.78, 5) is 16.6. The smallest absolute Gasteiger partial charge is 0.275 e. The molecule has 1 aliphatic rings. The van der Waals surface area contributed by atoms with Gasteiger partial charge in [0.25, 0.3) is 5.91 Å². The number of anilines is 1. The van der Waals surface area contributed by atoms with Gasteiger partial charge in [-0.2, -0.15) is 0 Å². The summed E-state index contributed by atoms with van der Waals surface area (Å²) in [6, 6.07) is 20.1. The molecule has 0 bridgehead atoms. The number of hydrogen-bond acceptors (Lipinski definition) is 3. The van der Waals surface area contributed by atoms with E-state index in [4.69, 9.17) is 16.3 Å². The van der Waals surface area contributed by atoms with Gasteiger partial charge in [-0.15, -0.1) is 0 Å². The van der Waals surface area contributed by atoms with Crippen molar-refractivity contribution in [2.75, 3.05) is 5.32 Å². The zero-order valence-electron chi connectivity index (χ0n) is 13.4. The maximum absolute atomic E-state index is 12.2. The van der Waals surface area contributed by atoms with Crippen molar-refractivity contribution < 1.29 is 9.53 Å². The summed E-state index contributed by atoms with van der Waals surface area (Å²) in [7, 11) is 0. The van der Waals surface area contributed by atoms with Crippen LogP contribution in [-0.2, 0) is 4.79 Å². The molecule has 4 rings (SSSR count). The number of carbonyl (C=O) groups excluding carboxylic acids is 1. The van der Waals surface area contributed by atoms with E-state index in [9.17, 15) is 4.79 Å². The van der Waals surface area contributed by atoms with Gasteiger partial charge >= 0.3 is 0 Å². The van der Waals surface area contributed by atoms with Crippen molar-refractivity contribution in [2.45, 2.75) is 0 Å². The average molecular weight is 428 g/mol. The zero-order valence-corrected chi connectivity index (χ0v) is 15.7. The van der Waals surface area contributed by atoms with Gasteiger partial charge in [-0.05, 0) is 66.7 Å². The van der Waals surface area contributed by atoms with Crippen molar-refractivity contribution in [1.29, 1.82) is 0 Å². The Bertz CT molecular complexity index is 1010. The number of rotatable bonds is 3. The molecular formula is C20H12BrClN2O2. The molecule has 4 nitrogen and oxygen atoms in total. The monoisotopic (exact) mass is 426 g/mol. The second-order valence-electron chi connectivity index (χ2n) is 5.65. The van der Waals surface area contributed by atoms with E-state index in [1.54, 1.807) is 30.3 Å². The molecule has 3 aromatic rings. The second kappa shape index (κ2) is 6.94. The summed E-state index contributed by atoms with van der Waals surface area (Å²) in [5.41, 5.74) is 2.43. The Kier molecular flexibility index (Phi) is 4.49. The highest BCUT2D eigenvalue weighted by Crippen LogP contribution is 2.30. The Balaban J connectivity index is 1.58. The summed E-state index contributed by atoms with van der Waals surface area (Å²) in [6.07, 6.45) is 0. The molecule has 128 valence electrons. The normalized spacial score (nSPS) is 14.2. The molecule has 0 saturated heterocycles. The SMILES string of the molecule is O=C1Nc2ccc(Cl)cc2C1=Nc1ccc(Oc2ccc(Br)cc2)cc1. The summed E-state index contributed by atoms with van der Waals surface area (Å²) in [6.45, 7) is 0. The zero-order chi connectivity index (χ0) is 18.1. The number of halogens is 2. The number of amides is 1. The minimum Gasteiger partial charge on any atom is -0.457 e. The van der Waals surface area contributed by atoms with Gasteiger partial charge in [0, 0.05) is 15.1 Å². The van der Waals surface area contributed by atoms with Crippen molar-refractivity contribution in [3.63, 3.8) is 0 Å². The molecule has 0 atom stereocenters. The molecule has 0 aromatic heterocycles. The first-order valence-corrected chi connectivity index (χ1v) is 8.99. The van der Waals surface area contributed by atoms with Crippen LogP contribution in [0.3, 0.4) is 0 Å². The fourth-order valence-corrected chi connectivity index (χ4v) is 3.03. The molecule has 1 amide bonds. The van der Waals surface area contributed by atoms with Gasteiger partial charge in [0.05, 0.1) is 11.4 Å². The van der Waals surface area contributed by atoms with Crippen molar-refractivity contribution in [2.24, 2.45) is 4.99 Å². The van der Waals surface area contributed by atoms with Gasteiger partial charge in [0.15, 0.2) is 0 Å². The molecule has 0 radical (unpaired) electrons. The Morgan fingerprint density at radius 2 is 1.58 bits per heavy atom. The molecule has 0 spiro atoms. The van der Waals surface area contributed by atoms with Crippen LogP contribution in [0.4, 0.5) is 11.4 Å². The van der Waals surface area contributed by atoms with E-state index in [0.717, 1.165) is 10.2 Å². The van der Waals surface area contributed by atoms with Crippen LogP contribution in [-0.4, -0.2) is 11.6 Å². The van der Waals surface area contributed by atoms with Crippen LogP contribution in [0, 0.1) is 0 Å². The number of nitrogens with zero attached hydrogens (tertiary/aromatic N) is 1. The molecular weight excluding hydrogens is 416 g/mol. The van der Waals surface area contributed by atoms with Gasteiger partial charge in [-0.1, -0.05) is 27.5 Å². The number of fused-ring (bicyclic) bond motifs is 1. The molecule has 0 unspecified atom stereocenters. The Morgan fingerprint density at radius 3 is 2.27 bits per heavy atom. The molecule has 0 aliphatic carbocycles. The molecule has 0 fully saturated rings. The van der Waals surface area contributed by atoms with Crippen molar-refractivity contribution >= 4 is 50.5 Å². The summed E-state index contributed by atoms with van der Waals surface area (Å²) >= 11 is 9.42. The lowest BCUT2D eigenvalue weighted by molar-refractivity contribution is -0.110. The topological polar surface area (TPSA) is 50.7 Å². The fraction of sp³-hybridized carbons (Fsp3) is 0. The van der Waals surface area contributed by atoms with Crippen LogP contribution >= 0.6 is 27.5 Å². The van der Waals surface area contributed by atoms with E-state index in [1.165, 1.54) is 0 Å². The predicted octanol–water partition coefficient (Wildman–Crippen LogP) is 5.97. The Hall–Kier alpha value is -2.63. The quantitative estimate of drug-likeness (QED) is 0.560. The van der Waals surface area contributed by atoms with Gasteiger partial charge in [0.2, 0.25) is 0 Å². The lowest BCUT2D eigenvalue weighted by Crippen LogP contribution is -2.13. The Morgan fingerprint density at radius 1 is 0.923 bits per heavy atom. The highest BCUT2D eigenvalue weighted by Gasteiger charge is 2.26. The van der Waals surface area contributed by atoms with E-state index in [1.807, 2.05) is 36.4 Å². The van der Waals surface area contributed by atoms with E-state index in [0.29, 0.717) is 33.4 Å². The van der Waals surface area contributed by atoms with Gasteiger partial charge < -0.3 is 10.1 Å². The van der Waals surface area contributed by atoms with Gasteiger partial charge in [-0.25, -0.2) is 4.99 Å². The summed E-state index contributed by atoms with van der Waals surface area (Å²) in [5.74, 6) is 1.19. The van der Waals surface area contributed by atoms with E-state index in [-0.39, 0.29) is 5.91 Å². The highest BCUT2D eigenvalue weighted by atomic mass is 79.9. The molecule has 1 heterocycles. The highest BCUT2D eigenvalue weighted by molar-refractivity contribution is 9.10. The summed E-state index contributed by atoms with van der Waals surface area (Å²) in [5, 5.41) is 3.35. The van der Waals surface area contributed by atoms with Crippen LogP contribution in [0.25, 0.3) is 0 Å². The second-order valence-corrected chi connectivity index (χ2v) is 7.01. The number of ether oxygens (including phenoxy) is 1. The van der Waals surface area contributed by atoms with Gasteiger partial charge in [0.1, 0.15) is 17.2 Å². The lowest BCUT2D eigenvalue weighted by atomic mass is 10.1. The molecule has 0 saturated carbocycles. The first-order valence-electron chi connectivity index (χ1n) is 7.82. The first-order chi connectivity index (χ1) is 12.6. The molecule has 3 aromatic carbocycles. The molecule has 6 heteroatoms. The van der Waals surface area contributed by atoms with Crippen LogP contribution < -0.4 is 10.1 Å². The molecule has 26 heavy (non-hydrogen) atoms.